The predicted octanol–water partition coefficient (Wildman–Crippen LogP) is 4.48. The van der Waals surface area contributed by atoms with E-state index < -0.39 is 6.09 Å². The van der Waals surface area contributed by atoms with E-state index in [1.807, 2.05) is 36.4 Å². The van der Waals surface area contributed by atoms with Gasteiger partial charge in [0.2, 0.25) is 0 Å². The van der Waals surface area contributed by atoms with Gasteiger partial charge in [0, 0.05) is 22.8 Å². The lowest BCUT2D eigenvalue weighted by Gasteiger charge is -2.04. The third-order valence-corrected chi connectivity index (χ3v) is 4.72. The lowest BCUT2D eigenvalue weighted by atomic mass is 10.0. The van der Waals surface area contributed by atoms with Gasteiger partial charge in [0.15, 0.2) is 5.78 Å². The molecule has 0 fully saturated rings. The molecule has 3 N–H and O–H groups in total. The van der Waals surface area contributed by atoms with Crippen LogP contribution in [-0.2, 0) is 6.42 Å². The summed E-state index contributed by atoms with van der Waals surface area (Å²) in [5, 5.41) is 0. The zero-order valence-electron chi connectivity index (χ0n) is 15.8. The first-order valence-corrected chi connectivity index (χ1v) is 9.24. The van der Waals surface area contributed by atoms with Crippen molar-refractivity contribution in [3.05, 3.63) is 83.4 Å². The zero-order valence-corrected chi connectivity index (χ0v) is 15.8. The van der Waals surface area contributed by atoms with E-state index in [0.29, 0.717) is 22.7 Å². The molecule has 0 radical (unpaired) electrons. The minimum atomic E-state index is -0.867. The third-order valence-electron chi connectivity index (χ3n) is 4.72. The number of hydrogen-bond donors (Lipinski definition) is 2. The van der Waals surface area contributed by atoms with Crippen molar-refractivity contribution >= 4 is 22.9 Å². The molecule has 0 saturated carbocycles. The minimum absolute atomic E-state index is 0.0166. The standard InChI is InChI=1S/C23H19N3O3/c1-2-14-3-5-15(6-4-14)21(27)16-7-9-17(10-8-16)22-25-19-12-11-18(29-23(24)28)13-20(19)26-22/h3-13H,2H2,1H3,(H2,24,28)(H,25,26). The van der Waals surface area contributed by atoms with E-state index in [4.69, 9.17) is 10.5 Å². The Morgan fingerprint density at radius 3 is 2.24 bits per heavy atom. The van der Waals surface area contributed by atoms with Crippen molar-refractivity contribution in [2.75, 3.05) is 0 Å². The number of amides is 1. The van der Waals surface area contributed by atoms with Crippen LogP contribution in [0.2, 0.25) is 0 Å². The summed E-state index contributed by atoms with van der Waals surface area (Å²) in [4.78, 5) is 31.3. The largest absolute Gasteiger partial charge is 0.410 e. The van der Waals surface area contributed by atoms with Crippen molar-refractivity contribution in [1.82, 2.24) is 9.97 Å². The van der Waals surface area contributed by atoms with E-state index in [9.17, 15) is 9.59 Å². The molecular weight excluding hydrogens is 366 g/mol. The van der Waals surface area contributed by atoms with Gasteiger partial charge in [-0.25, -0.2) is 9.78 Å². The second-order valence-corrected chi connectivity index (χ2v) is 6.64. The lowest BCUT2D eigenvalue weighted by molar-refractivity contribution is 0.103. The maximum atomic E-state index is 12.7. The lowest BCUT2D eigenvalue weighted by Crippen LogP contribution is -2.16. The van der Waals surface area contributed by atoms with Gasteiger partial charge in [-0.15, -0.1) is 0 Å². The molecule has 0 bridgehead atoms. The molecule has 1 amide bonds. The number of nitrogens with two attached hydrogens (primary N) is 1. The molecule has 0 saturated heterocycles. The number of carbonyl (C=O) groups excluding carboxylic acids is 2. The van der Waals surface area contributed by atoms with Gasteiger partial charge in [-0.05, 0) is 24.1 Å². The summed E-state index contributed by atoms with van der Waals surface area (Å²) >= 11 is 0. The van der Waals surface area contributed by atoms with Crippen LogP contribution in [0.15, 0.2) is 66.7 Å². The van der Waals surface area contributed by atoms with Gasteiger partial charge in [-0.3, -0.25) is 4.79 Å². The predicted molar refractivity (Wildman–Crippen MR) is 111 cm³/mol. The molecular formula is C23H19N3O3. The summed E-state index contributed by atoms with van der Waals surface area (Å²) in [6.07, 6.45) is 0.0743. The summed E-state index contributed by atoms with van der Waals surface area (Å²) in [6.45, 7) is 2.08. The van der Waals surface area contributed by atoms with Gasteiger partial charge >= 0.3 is 6.09 Å². The fourth-order valence-electron chi connectivity index (χ4n) is 3.14. The highest BCUT2D eigenvalue weighted by Gasteiger charge is 2.11. The molecule has 6 nitrogen and oxygen atoms in total. The normalized spacial score (nSPS) is 10.8. The molecule has 1 heterocycles. The van der Waals surface area contributed by atoms with E-state index in [-0.39, 0.29) is 5.78 Å². The van der Waals surface area contributed by atoms with Crippen LogP contribution in [0, 0.1) is 0 Å². The second-order valence-electron chi connectivity index (χ2n) is 6.64. The van der Waals surface area contributed by atoms with Gasteiger partial charge in [0.1, 0.15) is 11.6 Å². The molecule has 4 aromatic rings. The first kappa shape index (κ1) is 18.4. The van der Waals surface area contributed by atoms with E-state index in [2.05, 4.69) is 16.9 Å². The summed E-state index contributed by atoms with van der Waals surface area (Å²) < 4.78 is 4.89. The molecule has 0 aliphatic carbocycles. The fraction of sp³-hybridized carbons (Fsp3) is 0.0870. The van der Waals surface area contributed by atoms with Gasteiger partial charge in [-0.1, -0.05) is 55.5 Å². The van der Waals surface area contributed by atoms with Gasteiger partial charge in [-0.2, -0.15) is 0 Å². The monoisotopic (exact) mass is 385 g/mol. The maximum absolute atomic E-state index is 12.7. The summed E-state index contributed by atoms with van der Waals surface area (Å²) in [5.74, 6) is 0.981. The summed E-state index contributed by atoms with van der Waals surface area (Å²) in [5.41, 5.74) is 9.82. The Balaban J connectivity index is 1.58. The van der Waals surface area contributed by atoms with Crippen molar-refractivity contribution in [3.8, 4) is 17.1 Å². The smallest absolute Gasteiger partial charge is 0.409 e. The van der Waals surface area contributed by atoms with E-state index in [1.165, 1.54) is 5.56 Å². The molecule has 0 atom stereocenters. The van der Waals surface area contributed by atoms with Crippen molar-refractivity contribution in [2.45, 2.75) is 13.3 Å². The van der Waals surface area contributed by atoms with Crippen LogP contribution < -0.4 is 10.5 Å². The number of nitrogens with zero attached hydrogens (tertiary/aromatic N) is 1. The number of ketones is 1. The number of imidazole rings is 1. The highest BCUT2D eigenvalue weighted by atomic mass is 16.5. The average Bonchev–Trinajstić information content (AvgIpc) is 3.16. The van der Waals surface area contributed by atoms with Crippen LogP contribution in [0.4, 0.5) is 4.79 Å². The fourth-order valence-corrected chi connectivity index (χ4v) is 3.14. The van der Waals surface area contributed by atoms with Crippen LogP contribution in [0.1, 0.15) is 28.4 Å². The molecule has 4 rings (SSSR count). The van der Waals surface area contributed by atoms with Crippen molar-refractivity contribution < 1.29 is 14.3 Å². The van der Waals surface area contributed by atoms with Crippen molar-refractivity contribution in [3.63, 3.8) is 0 Å². The van der Waals surface area contributed by atoms with Crippen LogP contribution >= 0.6 is 0 Å². The zero-order chi connectivity index (χ0) is 20.4. The van der Waals surface area contributed by atoms with Crippen LogP contribution in [0.25, 0.3) is 22.4 Å². The number of carbonyl (C=O) groups is 2. The topological polar surface area (TPSA) is 98.1 Å². The number of hydrogen-bond acceptors (Lipinski definition) is 4. The molecule has 29 heavy (non-hydrogen) atoms. The highest BCUT2D eigenvalue weighted by Crippen LogP contribution is 2.24. The van der Waals surface area contributed by atoms with E-state index >= 15 is 0 Å². The number of aryl methyl sites for hydroxylation is 1. The summed E-state index contributed by atoms with van der Waals surface area (Å²) in [7, 11) is 0. The molecule has 1 aromatic heterocycles. The van der Waals surface area contributed by atoms with Crippen LogP contribution in [-0.4, -0.2) is 21.8 Å². The Morgan fingerprint density at radius 1 is 0.966 bits per heavy atom. The molecule has 0 unspecified atom stereocenters. The third kappa shape index (κ3) is 3.87. The Kier molecular flexibility index (Phi) is 4.83. The van der Waals surface area contributed by atoms with Crippen LogP contribution in [0.5, 0.6) is 5.75 Å². The molecule has 3 aromatic carbocycles. The van der Waals surface area contributed by atoms with Gasteiger partial charge in [0.25, 0.3) is 0 Å². The van der Waals surface area contributed by atoms with Gasteiger partial charge in [0.05, 0.1) is 11.0 Å². The number of nitrogens with one attached hydrogen (secondary N) is 1. The number of ether oxygens (including phenoxy) is 1. The Morgan fingerprint density at radius 2 is 1.62 bits per heavy atom. The number of aromatic amines is 1. The Hall–Kier alpha value is -3.93. The van der Waals surface area contributed by atoms with Gasteiger partial charge < -0.3 is 15.5 Å². The number of rotatable bonds is 5. The van der Waals surface area contributed by atoms with E-state index in [1.54, 1.807) is 30.3 Å². The Labute approximate surface area is 167 Å². The van der Waals surface area contributed by atoms with E-state index in [0.717, 1.165) is 23.0 Å². The average molecular weight is 385 g/mol. The molecule has 6 heteroatoms. The van der Waals surface area contributed by atoms with Crippen LogP contribution in [0.3, 0.4) is 0 Å². The van der Waals surface area contributed by atoms with Crippen molar-refractivity contribution in [2.24, 2.45) is 5.73 Å². The number of fused-ring (bicyclic) bond motifs is 1. The highest BCUT2D eigenvalue weighted by molar-refractivity contribution is 6.09. The second kappa shape index (κ2) is 7.59. The molecule has 0 spiro atoms. The molecule has 0 aliphatic heterocycles. The SMILES string of the molecule is CCc1ccc(C(=O)c2ccc(-c3nc4ccc(OC(N)=O)cc4[nH]3)cc2)cc1. The first-order chi connectivity index (χ1) is 14.0. The summed E-state index contributed by atoms with van der Waals surface area (Å²) in [6, 6.07) is 20.0. The quantitative estimate of drug-likeness (QED) is 0.495. The van der Waals surface area contributed by atoms with Crippen molar-refractivity contribution in [1.29, 1.82) is 0 Å². The minimum Gasteiger partial charge on any atom is -0.410 e. The molecule has 144 valence electrons. The number of benzene rings is 3. The number of H-pyrrole nitrogens is 1. The molecule has 0 aliphatic rings. The number of primary amides is 1. The number of aromatic nitrogens is 2. The Bertz CT molecular complexity index is 1190. The first-order valence-electron chi connectivity index (χ1n) is 9.24. The maximum Gasteiger partial charge on any atom is 0.409 e.